The predicted octanol–water partition coefficient (Wildman–Crippen LogP) is 17.5. The number of benzene rings is 9. The highest BCUT2D eigenvalue weighted by atomic mass is 28.4. The molecule has 2 heterocycles. The molecular formula is C90H108N4O18Si2. The van der Waals surface area contributed by atoms with Crippen LogP contribution in [0.5, 0.6) is 46.0 Å². The zero-order chi connectivity index (χ0) is 81.7. The van der Waals surface area contributed by atoms with E-state index in [-0.39, 0.29) is 116 Å². The highest BCUT2D eigenvalue weighted by Gasteiger charge is 2.50. The monoisotopic (exact) mass is 1590 g/mol. The van der Waals surface area contributed by atoms with Crippen LogP contribution in [0.4, 0.5) is 0 Å². The normalized spacial score (nSPS) is 16.0. The molecule has 9 aromatic carbocycles. The molecule has 22 nitrogen and oxygen atoms in total. The maximum atomic E-state index is 16.7. The Hall–Kier alpha value is -9.19. The van der Waals surface area contributed by atoms with E-state index in [4.69, 9.17) is 55.0 Å². The molecule has 2 aliphatic carbocycles. The molecule has 0 bridgehead atoms. The van der Waals surface area contributed by atoms with Crippen molar-refractivity contribution >= 4 is 96.1 Å². The molecular weight excluding hydrogens is 1480 g/mol. The summed E-state index contributed by atoms with van der Waals surface area (Å²) in [5, 5.41) is 8.36. The molecule has 2 atom stereocenters. The first kappa shape index (κ1) is 82.8. The van der Waals surface area contributed by atoms with Crippen molar-refractivity contribution in [2.24, 2.45) is 11.8 Å². The summed E-state index contributed by atoms with van der Waals surface area (Å²) in [6.45, 7) is 25.5. The van der Waals surface area contributed by atoms with Gasteiger partial charge < -0.3 is 65.6 Å². The van der Waals surface area contributed by atoms with Crippen molar-refractivity contribution in [3.8, 4) is 46.0 Å². The fraction of sp³-hybridized carbons (Fsp3) is 0.444. The second-order valence-electron chi connectivity index (χ2n) is 34.4. The zero-order valence-electron chi connectivity index (χ0n) is 69.0. The lowest BCUT2D eigenvalue weighted by Gasteiger charge is -2.38. The molecule has 0 radical (unpaired) electrons. The minimum absolute atomic E-state index is 0.00169. The van der Waals surface area contributed by atoms with E-state index < -0.39 is 77.0 Å². The summed E-state index contributed by atoms with van der Waals surface area (Å²) in [5.41, 5.74) is 3.16. The van der Waals surface area contributed by atoms with Gasteiger partial charge in [0.15, 0.2) is 0 Å². The Kier molecular flexibility index (Phi) is 23.8. The Morgan fingerprint density at radius 2 is 0.588 bits per heavy atom. The summed E-state index contributed by atoms with van der Waals surface area (Å²) in [7, 11) is 2.56. The molecule has 13 rings (SSSR count). The average molecular weight is 1590 g/mol. The lowest BCUT2D eigenvalue weighted by atomic mass is 9.79. The number of fused-ring (bicyclic) bond motifs is 2. The quantitative estimate of drug-likeness (QED) is 0.0140. The van der Waals surface area contributed by atoms with Crippen LogP contribution in [0.2, 0.25) is 0 Å². The van der Waals surface area contributed by atoms with Crippen molar-refractivity contribution in [2.45, 2.75) is 168 Å². The van der Waals surface area contributed by atoms with Crippen molar-refractivity contribution in [3.05, 3.63) is 166 Å². The first-order valence-electron chi connectivity index (χ1n) is 39.5. The van der Waals surface area contributed by atoms with E-state index in [1.165, 1.54) is 42.7 Å². The number of nitrogens with zero attached hydrogens (tertiary/aromatic N) is 2. The van der Waals surface area contributed by atoms with Crippen LogP contribution in [-0.2, 0) is 67.3 Å². The number of hydrogen-bond acceptors (Lipinski definition) is 18. The Morgan fingerprint density at radius 1 is 0.360 bits per heavy atom. The van der Waals surface area contributed by atoms with Gasteiger partial charge in [-0.25, -0.2) is 0 Å². The van der Waals surface area contributed by atoms with E-state index in [0.717, 1.165) is 57.7 Å². The zero-order valence-corrected chi connectivity index (χ0v) is 71.0. The van der Waals surface area contributed by atoms with Crippen LogP contribution in [-0.4, -0.2) is 156 Å². The number of nitrogens with one attached hydrogen (secondary N) is 2. The molecule has 604 valence electrons. The van der Waals surface area contributed by atoms with Gasteiger partial charge in [-0.3, -0.25) is 38.6 Å². The minimum atomic E-state index is -3.17. The highest BCUT2D eigenvalue weighted by Crippen LogP contribution is 2.59. The Morgan fingerprint density at radius 3 is 0.798 bits per heavy atom. The number of ether oxygens (including phenoxy) is 6. The number of hydrogen-bond donors (Lipinski definition) is 2. The van der Waals surface area contributed by atoms with Crippen LogP contribution < -0.4 is 29.6 Å². The number of imide groups is 2. The standard InChI is InChI=1S/C90H108N4O18Si2/c1-87(2,3)55-27-35-59(36-28-55)109-67-47-63-71-64(84(98)93(83(63)97)79(53-23-19-20-24-53)81(95)91-43-45-107-51-113(101-13,102-14)103-15)49-69(111-61-39-31-57(32-40-61)89(7,8)9)75-76-70(112-62-41-33-58(34-42-62)90(10,11)12)50-66-72-65(48-68(74(78(72)76)73(67)77(71)75)110-60-37-29-56(30-38-60)88(4,5)6)85(99)94(86(66)100)80(54-25-21-22-26-54)82(96)92-44-46-108-52-114(104-16,105-17)106-18/h27-42,47-50,53-54,79-80H,19-26,43-46,51-52H2,1-18H3,(H,91,95)(H,92,96). The van der Waals surface area contributed by atoms with E-state index in [1.807, 2.05) is 97.1 Å². The minimum Gasteiger partial charge on any atom is -0.457 e. The fourth-order valence-electron chi connectivity index (χ4n) is 16.6. The second-order valence-corrected chi connectivity index (χ2v) is 40.2. The van der Waals surface area contributed by atoms with Crippen molar-refractivity contribution in [3.63, 3.8) is 0 Å². The molecule has 2 N–H and O–H groups in total. The van der Waals surface area contributed by atoms with Crippen LogP contribution in [0.25, 0.3) is 43.1 Å². The first-order valence-corrected chi connectivity index (χ1v) is 43.3. The van der Waals surface area contributed by atoms with Crippen LogP contribution in [0.15, 0.2) is 121 Å². The summed E-state index contributed by atoms with van der Waals surface area (Å²) in [6.07, 6.45) is 5.25. The molecule has 0 aromatic heterocycles. The summed E-state index contributed by atoms with van der Waals surface area (Å²) in [4.78, 5) is 99.9. The number of carbonyl (C=O) groups excluding carboxylic acids is 6. The van der Waals surface area contributed by atoms with Crippen LogP contribution in [0, 0.1) is 11.8 Å². The van der Waals surface area contributed by atoms with Gasteiger partial charge in [0.1, 0.15) is 70.5 Å². The largest absolute Gasteiger partial charge is 0.527 e. The van der Waals surface area contributed by atoms with Gasteiger partial charge in [-0.1, -0.05) is 157 Å². The third kappa shape index (κ3) is 16.2. The summed E-state index contributed by atoms with van der Waals surface area (Å²) < 4.78 is 75.3. The van der Waals surface area contributed by atoms with Gasteiger partial charge in [0, 0.05) is 98.8 Å². The molecule has 0 spiro atoms. The SMILES string of the molecule is CO[Si](COCCNC(=O)C(C1CCCC1)N1C(=O)c2cc(Oc3ccc(C(C)(C)C)cc3)c3c4c(Oc5ccc(C(C)(C)C)cc5)cc5c6c(cc(Oc7ccc(C(C)(C)C)cc7)c(c7c(Oc8ccc(C(C)(C)C)cc8)cc(c2c37)C1=O)c64)C(=O)N(C(C(=O)NCCOC[Si](OC)(OC)OC)C1CCCC1)C5=O)(OC)OC. The van der Waals surface area contributed by atoms with Gasteiger partial charge in [-0.05, 0) is 154 Å². The van der Waals surface area contributed by atoms with Gasteiger partial charge in [0.25, 0.3) is 23.6 Å². The molecule has 2 aliphatic heterocycles. The lowest BCUT2D eigenvalue weighted by Crippen LogP contribution is -2.57. The van der Waals surface area contributed by atoms with Crippen molar-refractivity contribution in [1.82, 2.24) is 20.4 Å². The number of amides is 6. The third-order valence-electron chi connectivity index (χ3n) is 23.1. The first-order chi connectivity index (χ1) is 54.2. The number of carbonyl (C=O) groups is 6. The average Bonchev–Trinajstić information content (AvgIpc) is 0.898. The second kappa shape index (κ2) is 32.8. The lowest BCUT2D eigenvalue weighted by molar-refractivity contribution is -0.127. The van der Waals surface area contributed by atoms with E-state index in [2.05, 4.69) is 93.7 Å². The highest BCUT2D eigenvalue weighted by molar-refractivity contribution is 6.61. The third-order valence-corrected chi connectivity index (χ3v) is 27.9. The molecule has 6 amide bonds. The van der Waals surface area contributed by atoms with E-state index in [1.54, 1.807) is 24.3 Å². The smallest absolute Gasteiger partial charge is 0.457 e. The Labute approximate surface area is 670 Å². The van der Waals surface area contributed by atoms with Gasteiger partial charge >= 0.3 is 17.6 Å². The fourth-order valence-corrected chi connectivity index (χ4v) is 19.0. The van der Waals surface area contributed by atoms with Crippen LogP contribution in [0.1, 0.15) is 198 Å². The Bertz CT molecular complexity index is 4520. The maximum absolute atomic E-state index is 16.7. The van der Waals surface area contributed by atoms with Crippen LogP contribution >= 0.6 is 0 Å². The Balaban J connectivity index is 1.13. The van der Waals surface area contributed by atoms with Gasteiger partial charge in [-0.15, -0.1) is 0 Å². The van der Waals surface area contributed by atoms with Gasteiger partial charge in [0.05, 0.1) is 35.5 Å². The summed E-state index contributed by atoms with van der Waals surface area (Å²) >= 11 is 0. The summed E-state index contributed by atoms with van der Waals surface area (Å²) in [6, 6.07) is 34.8. The molecule has 2 unspecified atom stereocenters. The molecule has 4 aliphatic rings. The molecule has 9 aromatic rings. The van der Waals surface area contributed by atoms with Crippen LogP contribution in [0.3, 0.4) is 0 Å². The molecule has 0 saturated heterocycles. The van der Waals surface area contributed by atoms with E-state index >= 15 is 28.8 Å². The number of rotatable bonds is 30. The van der Waals surface area contributed by atoms with Crippen molar-refractivity contribution in [1.29, 1.82) is 0 Å². The van der Waals surface area contributed by atoms with Gasteiger partial charge in [0.2, 0.25) is 11.8 Å². The molecule has 24 heteroatoms. The van der Waals surface area contributed by atoms with Gasteiger partial charge in [-0.2, -0.15) is 0 Å². The maximum Gasteiger partial charge on any atom is 0.527 e. The van der Waals surface area contributed by atoms with Crippen molar-refractivity contribution < 1.29 is 83.7 Å². The molecule has 2 saturated carbocycles. The molecule has 114 heavy (non-hydrogen) atoms. The van der Waals surface area contributed by atoms with E-state index in [0.29, 0.717) is 81.0 Å². The topological polar surface area (TPSA) is 244 Å². The predicted molar refractivity (Wildman–Crippen MR) is 442 cm³/mol. The van der Waals surface area contributed by atoms with E-state index in [9.17, 15) is 0 Å². The van der Waals surface area contributed by atoms with Crippen molar-refractivity contribution in [2.75, 3.05) is 81.4 Å². The molecule has 2 fully saturated rings. The summed E-state index contributed by atoms with van der Waals surface area (Å²) in [5.74, 6) is -3.03.